The molecule has 0 aliphatic carbocycles. The third-order valence-electron chi connectivity index (χ3n) is 4.19. The van der Waals surface area contributed by atoms with Gasteiger partial charge in [-0.05, 0) is 43.9 Å². The van der Waals surface area contributed by atoms with Gasteiger partial charge in [0.05, 0.1) is 24.8 Å². The molecule has 23 heavy (non-hydrogen) atoms. The molecule has 2 aliphatic rings. The maximum atomic E-state index is 6.25. The third kappa shape index (κ3) is 4.96. The number of nitrogens with zero attached hydrogens (tertiary/aromatic N) is 1. The number of fused-ring (bicyclic) bond motifs is 2. The van der Waals surface area contributed by atoms with Gasteiger partial charge in [-0.15, -0.1) is 24.0 Å². The molecule has 2 bridgehead atoms. The molecule has 2 heterocycles. The van der Waals surface area contributed by atoms with E-state index in [0.29, 0.717) is 24.8 Å². The van der Waals surface area contributed by atoms with Crippen LogP contribution >= 0.6 is 51.5 Å². The van der Waals surface area contributed by atoms with Crippen molar-refractivity contribution in [3.8, 4) is 0 Å². The highest BCUT2D eigenvalue weighted by Gasteiger charge is 2.41. The largest absolute Gasteiger partial charge is 0.373 e. The van der Waals surface area contributed by atoms with Gasteiger partial charge in [-0.2, -0.15) is 0 Å². The molecular weight excluding hydrogens is 492 g/mol. The van der Waals surface area contributed by atoms with Crippen molar-refractivity contribution in [2.75, 3.05) is 6.54 Å². The zero-order valence-corrected chi connectivity index (χ0v) is 17.7. The number of nitrogens with one attached hydrogen (secondary N) is 2. The molecule has 2 aliphatic heterocycles. The van der Waals surface area contributed by atoms with Gasteiger partial charge in [0.1, 0.15) is 0 Å². The normalized spacial score (nSPS) is 26.0. The van der Waals surface area contributed by atoms with Crippen LogP contribution < -0.4 is 10.6 Å². The fourth-order valence-electron chi connectivity index (χ4n) is 3.10. The van der Waals surface area contributed by atoms with Crippen LogP contribution in [-0.2, 0) is 11.3 Å². The van der Waals surface area contributed by atoms with E-state index >= 15 is 0 Å². The molecule has 3 rings (SSSR count). The number of ether oxygens (including phenoxy) is 1. The second-order valence-electron chi connectivity index (χ2n) is 5.79. The second-order valence-corrected chi connectivity index (χ2v) is 7.11. The lowest BCUT2D eigenvalue weighted by Crippen LogP contribution is -2.47. The van der Waals surface area contributed by atoms with Crippen molar-refractivity contribution >= 4 is 57.5 Å². The van der Waals surface area contributed by atoms with Gasteiger partial charge in [-0.25, -0.2) is 4.99 Å². The van der Waals surface area contributed by atoms with Crippen LogP contribution in [0.3, 0.4) is 0 Å². The summed E-state index contributed by atoms with van der Waals surface area (Å²) >= 11 is 9.67. The molecule has 1 aromatic carbocycles. The molecule has 0 saturated carbocycles. The topological polar surface area (TPSA) is 45.7 Å². The zero-order chi connectivity index (χ0) is 15.5. The van der Waals surface area contributed by atoms with Crippen molar-refractivity contribution in [2.45, 2.75) is 51.0 Å². The van der Waals surface area contributed by atoms with Gasteiger partial charge in [0.2, 0.25) is 0 Å². The predicted octanol–water partition coefficient (Wildman–Crippen LogP) is 4.10. The first-order valence-corrected chi connectivity index (χ1v) is 8.97. The van der Waals surface area contributed by atoms with Crippen LogP contribution in [-0.4, -0.2) is 30.8 Å². The Morgan fingerprint density at radius 2 is 2.26 bits per heavy atom. The third-order valence-corrected chi connectivity index (χ3v) is 5.04. The molecule has 3 atom stereocenters. The van der Waals surface area contributed by atoms with Crippen molar-refractivity contribution in [2.24, 2.45) is 4.99 Å². The molecule has 0 spiro atoms. The van der Waals surface area contributed by atoms with Crippen molar-refractivity contribution in [3.05, 3.63) is 33.3 Å². The SMILES string of the molecule is CCNC(=NCc1ccc(Br)cc1Cl)NC1CC2CCC1O2.I. The average molecular weight is 515 g/mol. The monoisotopic (exact) mass is 513 g/mol. The Kier molecular flexibility index (Phi) is 7.44. The smallest absolute Gasteiger partial charge is 0.191 e. The molecule has 128 valence electrons. The lowest BCUT2D eigenvalue weighted by atomic mass is 9.96. The summed E-state index contributed by atoms with van der Waals surface area (Å²) in [6, 6.07) is 6.26. The Bertz CT molecular complexity index is 572. The quantitative estimate of drug-likeness (QED) is 0.362. The number of guanidine groups is 1. The summed E-state index contributed by atoms with van der Waals surface area (Å²) in [6.07, 6.45) is 4.20. The van der Waals surface area contributed by atoms with E-state index in [-0.39, 0.29) is 24.0 Å². The molecular formula is C16H22BrClIN3O. The van der Waals surface area contributed by atoms with Gasteiger partial charge >= 0.3 is 0 Å². The fraction of sp³-hybridized carbons (Fsp3) is 0.562. The minimum Gasteiger partial charge on any atom is -0.373 e. The van der Waals surface area contributed by atoms with Crippen LogP contribution in [0.4, 0.5) is 0 Å². The molecule has 0 radical (unpaired) electrons. The molecule has 1 aromatic rings. The average Bonchev–Trinajstić information content (AvgIpc) is 3.09. The number of hydrogen-bond donors (Lipinski definition) is 2. The Balaban J connectivity index is 0.00000192. The van der Waals surface area contributed by atoms with Gasteiger partial charge in [-0.3, -0.25) is 0 Å². The summed E-state index contributed by atoms with van der Waals surface area (Å²) in [5.74, 6) is 0.836. The highest BCUT2D eigenvalue weighted by Crippen LogP contribution is 2.34. The van der Waals surface area contributed by atoms with E-state index in [1.807, 2.05) is 18.2 Å². The predicted molar refractivity (Wildman–Crippen MR) is 109 cm³/mol. The minimum absolute atomic E-state index is 0. The van der Waals surface area contributed by atoms with Crippen LogP contribution in [0.1, 0.15) is 31.7 Å². The van der Waals surface area contributed by atoms with Crippen LogP contribution in [0, 0.1) is 0 Å². The van der Waals surface area contributed by atoms with E-state index in [0.717, 1.165) is 40.4 Å². The first kappa shape index (κ1) is 19.3. The van der Waals surface area contributed by atoms with Crippen molar-refractivity contribution in [3.63, 3.8) is 0 Å². The molecule has 2 fully saturated rings. The second kappa shape index (κ2) is 8.87. The zero-order valence-electron chi connectivity index (χ0n) is 13.0. The number of hydrogen-bond acceptors (Lipinski definition) is 2. The molecule has 3 unspecified atom stereocenters. The summed E-state index contributed by atoms with van der Waals surface area (Å²) in [5.41, 5.74) is 1.02. The van der Waals surface area contributed by atoms with Gasteiger partial charge in [0.15, 0.2) is 5.96 Å². The number of benzene rings is 1. The summed E-state index contributed by atoms with van der Waals surface area (Å²) in [4.78, 5) is 4.66. The Labute approximate surface area is 167 Å². The van der Waals surface area contributed by atoms with Crippen molar-refractivity contribution in [1.29, 1.82) is 0 Å². The van der Waals surface area contributed by atoms with Crippen LogP contribution in [0.15, 0.2) is 27.7 Å². The van der Waals surface area contributed by atoms with E-state index in [1.54, 1.807) is 0 Å². The van der Waals surface area contributed by atoms with E-state index in [4.69, 9.17) is 16.3 Å². The van der Waals surface area contributed by atoms with Gasteiger partial charge in [0, 0.05) is 16.0 Å². The highest BCUT2D eigenvalue weighted by atomic mass is 127. The minimum atomic E-state index is 0. The number of aliphatic imine (C=N–C) groups is 1. The maximum Gasteiger partial charge on any atom is 0.191 e. The lowest BCUT2D eigenvalue weighted by molar-refractivity contribution is 0.0992. The van der Waals surface area contributed by atoms with Crippen molar-refractivity contribution < 1.29 is 4.74 Å². The molecule has 0 aromatic heterocycles. The Hall–Kier alpha value is -0.0500. The van der Waals surface area contributed by atoms with E-state index in [9.17, 15) is 0 Å². The Morgan fingerprint density at radius 3 is 2.87 bits per heavy atom. The molecule has 2 saturated heterocycles. The summed E-state index contributed by atoms with van der Waals surface area (Å²) in [6.45, 7) is 3.46. The van der Waals surface area contributed by atoms with E-state index in [1.165, 1.54) is 6.42 Å². The van der Waals surface area contributed by atoms with Crippen LogP contribution in [0.25, 0.3) is 0 Å². The van der Waals surface area contributed by atoms with Crippen LogP contribution in [0.5, 0.6) is 0 Å². The van der Waals surface area contributed by atoms with Crippen LogP contribution in [0.2, 0.25) is 5.02 Å². The van der Waals surface area contributed by atoms with Crippen molar-refractivity contribution in [1.82, 2.24) is 10.6 Å². The maximum absolute atomic E-state index is 6.25. The summed E-state index contributed by atoms with van der Waals surface area (Å²) in [7, 11) is 0. The summed E-state index contributed by atoms with van der Waals surface area (Å²) in [5, 5.41) is 7.55. The van der Waals surface area contributed by atoms with Gasteiger partial charge in [-0.1, -0.05) is 33.6 Å². The molecule has 7 heteroatoms. The lowest BCUT2D eigenvalue weighted by Gasteiger charge is -2.22. The number of rotatable bonds is 4. The first-order chi connectivity index (χ1) is 10.7. The highest BCUT2D eigenvalue weighted by molar-refractivity contribution is 14.0. The fourth-order valence-corrected chi connectivity index (χ4v) is 3.83. The van der Waals surface area contributed by atoms with E-state index in [2.05, 4.69) is 38.5 Å². The first-order valence-electron chi connectivity index (χ1n) is 7.80. The number of halogens is 3. The summed E-state index contributed by atoms with van der Waals surface area (Å²) < 4.78 is 6.87. The molecule has 0 amide bonds. The standard InChI is InChI=1S/C16H21BrClN3O.HI/c1-2-19-16(21-14-8-12-5-6-15(14)22-12)20-9-10-3-4-11(17)7-13(10)18;/h3-4,7,12,14-15H,2,5-6,8-9H2,1H3,(H2,19,20,21);1H. The molecule has 2 N–H and O–H groups in total. The van der Waals surface area contributed by atoms with Gasteiger partial charge < -0.3 is 15.4 Å². The molecule has 4 nitrogen and oxygen atoms in total. The Morgan fingerprint density at radius 1 is 1.43 bits per heavy atom. The van der Waals surface area contributed by atoms with Gasteiger partial charge in [0.25, 0.3) is 0 Å². The van der Waals surface area contributed by atoms with E-state index < -0.39 is 0 Å².